The number of halogens is 1. The smallest absolute Gasteiger partial charge is 0.0701 e. The van der Waals surface area contributed by atoms with Crippen LogP contribution in [0.4, 0.5) is 0 Å². The number of rotatable bonds is 4. The molecule has 1 aliphatic rings. The molecule has 1 aliphatic carbocycles. The molecule has 1 aromatic heterocycles. The number of hydrogen-bond donors (Lipinski definition) is 1. The van der Waals surface area contributed by atoms with E-state index < -0.39 is 0 Å². The lowest BCUT2D eigenvalue weighted by atomic mass is 9.84. The summed E-state index contributed by atoms with van der Waals surface area (Å²) < 4.78 is 1.23. The van der Waals surface area contributed by atoms with Gasteiger partial charge in [-0.3, -0.25) is 0 Å². The molecule has 0 saturated heterocycles. The molecule has 3 heteroatoms. The first-order valence-electron chi connectivity index (χ1n) is 6.23. The lowest BCUT2D eigenvalue weighted by Gasteiger charge is -2.28. The monoisotopic (exact) mass is 301 g/mol. The standard InChI is InChI=1S/C13H20BrNS/c1-10(11-5-3-2-4-6-11)15-9-12-7-8-13(14)16-12/h7-8,10-11,15H,2-6,9H2,1H3. The minimum absolute atomic E-state index is 0.668. The molecule has 1 saturated carbocycles. The van der Waals surface area contributed by atoms with E-state index in [0.29, 0.717) is 6.04 Å². The van der Waals surface area contributed by atoms with E-state index in [-0.39, 0.29) is 0 Å². The van der Waals surface area contributed by atoms with Gasteiger partial charge in [0.2, 0.25) is 0 Å². The lowest BCUT2D eigenvalue weighted by Crippen LogP contribution is -2.33. The summed E-state index contributed by atoms with van der Waals surface area (Å²) in [6, 6.07) is 5.00. The molecule has 1 N–H and O–H groups in total. The second-order valence-corrected chi connectivity index (χ2v) is 7.32. The molecule has 1 atom stereocenters. The van der Waals surface area contributed by atoms with Crippen LogP contribution in [0.5, 0.6) is 0 Å². The predicted molar refractivity (Wildman–Crippen MR) is 74.9 cm³/mol. The molecule has 1 aromatic rings. The Morgan fingerprint density at radius 2 is 2.12 bits per heavy atom. The van der Waals surface area contributed by atoms with E-state index in [1.165, 1.54) is 40.8 Å². The highest BCUT2D eigenvalue weighted by atomic mass is 79.9. The summed E-state index contributed by atoms with van der Waals surface area (Å²) in [5.74, 6) is 0.900. The van der Waals surface area contributed by atoms with E-state index >= 15 is 0 Å². The Balaban J connectivity index is 1.76. The highest BCUT2D eigenvalue weighted by molar-refractivity contribution is 9.11. The van der Waals surface area contributed by atoms with Gasteiger partial charge in [-0.2, -0.15) is 0 Å². The zero-order valence-corrected chi connectivity index (χ0v) is 12.2. The van der Waals surface area contributed by atoms with E-state index in [1.54, 1.807) is 0 Å². The molecule has 0 amide bonds. The van der Waals surface area contributed by atoms with Gasteiger partial charge in [-0.15, -0.1) is 11.3 Å². The van der Waals surface area contributed by atoms with Crippen molar-refractivity contribution in [1.82, 2.24) is 5.32 Å². The third-order valence-corrected chi connectivity index (χ3v) is 5.21. The van der Waals surface area contributed by atoms with Gasteiger partial charge in [-0.05, 0) is 53.7 Å². The van der Waals surface area contributed by atoms with Crippen molar-refractivity contribution in [2.45, 2.75) is 51.6 Å². The summed E-state index contributed by atoms with van der Waals surface area (Å²) in [6.07, 6.45) is 7.15. The Bertz CT molecular complexity index is 317. The summed E-state index contributed by atoms with van der Waals surface area (Å²) in [7, 11) is 0. The average molecular weight is 302 g/mol. The Labute approximate surface area is 111 Å². The van der Waals surface area contributed by atoms with Crippen LogP contribution < -0.4 is 5.32 Å². The van der Waals surface area contributed by atoms with Gasteiger partial charge >= 0.3 is 0 Å². The van der Waals surface area contributed by atoms with Crippen LogP contribution in [0.1, 0.15) is 43.9 Å². The molecule has 2 rings (SSSR count). The van der Waals surface area contributed by atoms with Crippen molar-refractivity contribution in [2.24, 2.45) is 5.92 Å². The average Bonchev–Trinajstić information content (AvgIpc) is 2.73. The van der Waals surface area contributed by atoms with E-state index in [1.807, 2.05) is 11.3 Å². The van der Waals surface area contributed by atoms with Crippen LogP contribution >= 0.6 is 27.3 Å². The van der Waals surface area contributed by atoms with Gasteiger partial charge in [0.25, 0.3) is 0 Å². The van der Waals surface area contributed by atoms with Crippen LogP contribution in [0.15, 0.2) is 15.9 Å². The highest BCUT2D eigenvalue weighted by Gasteiger charge is 2.19. The Morgan fingerprint density at radius 3 is 2.75 bits per heavy atom. The molecular formula is C13H20BrNS. The van der Waals surface area contributed by atoms with Crippen LogP contribution in [0.25, 0.3) is 0 Å². The van der Waals surface area contributed by atoms with Crippen molar-refractivity contribution in [3.05, 3.63) is 20.8 Å². The van der Waals surface area contributed by atoms with Gasteiger partial charge in [-0.1, -0.05) is 19.3 Å². The zero-order valence-electron chi connectivity index (χ0n) is 9.84. The molecule has 1 nitrogen and oxygen atoms in total. The Hall–Kier alpha value is 0.140. The molecular weight excluding hydrogens is 282 g/mol. The molecule has 16 heavy (non-hydrogen) atoms. The van der Waals surface area contributed by atoms with Crippen molar-refractivity contribution >= 4 is 27.3 Å². The maximum absolute atomic E-state index is 3.67. The molecule has 0 aromatic carbocycles. The van der Waals surface area contributed by atoms with Gasteiger partial charge in [0.1, 0.15) is 0 Å². The number of nitrogens with one attached hydrogen (secondary N) is 1. The summed E-state index contributed by atoms with van der Waals surface area (Å²) in [5.41, 5.74) is 0. The molecule has 0 aliphatic heterocycles. The quantitative estimate of drug-likeness (QED) is 0.859. The van der Waals surface area contributed by atoms with E-state index in [2.05, 4.69) is 40.3 Å². The third kappa shape index (κ3) is 3.57. The first kappa shape index (κ1) is 12.6. The fraction of sp³-hybridized carbons (Fsp3) is 0.692. The topological polar surface area (TPSA) is 12.0 Å². The van der Waals surface area contributed by atoms with E-state index in [0.717, 1.165) is 12.5 Å². The van der Waals surface area contributed by atoms with Gasteiger partial charge in [0.05, 0.1) is 3.79 Å². The molecule has 1 heterocycles. The Kier molecular flexibility index (Phi) is 4.86. The zero-order chi connectivity index (χ0) is 11.4. The van der Waals surface area contributed by atoms with Gasteiger partial charge in [-0.25, -0.2) is 0 Å². The molecule has 0 bridgehead atoms. The molecule has 90 valence electrons. The molecule has 0 radical (unpaired) electrons. The summed E-state index contributed by atoms with van der Waals surface area (Å²) in [5, 5.41) is 3.67. The van der Waals surface area contributed by atoms with Crippen LogP contribution in [0.3, 0.4) is 0 Å². The summed E-state index contributed by atoms with van der Waals surface area (Å²) >= 11 is 5.34. The Morgan fingerprint density at radius 1 is 1.38 bits per heavy atom. The van der Waals surface area contributed by atoms with E-state index in [4.69, 9.17) is 0 Å². The van der Waals surface area contributed by atoms with E-state index in [9.17, 15) is 0 Å². The van der Waals surface area contributed by atoms with Crippen molar-refractivity contribution in [1.29, 1.82) is 0 Å². The minimum atomic E-state index is 0.668. The SMILES string of the molecule is CC(NCc1ccc(Br)s1)C1CCCCC1. The van der Waals surface area contributed by atoms with Gasteiger partial charge < -0.3 is 5.32 Å². The molecule has 1 fully saturated rings. The first-order chi connectivity index (χ1) is 7.75. The van der Waals surface area contributed by atoms with Crippen LogP contribution in [-0.2, 0) is 6.54 Å². The second-order valence-electron chi connectivity index (χ2n) is 4.77. The molecule has 1 unspecified atom stereocenters. The fourth-order valence-electron chi connectivity index (χ4n) is 2.51. The van der Waals surface area contributed by atoms with Crippen molar-refractivity contribution in [3.63, 3.8) is 0 Å². The van der Waals surface area contributed by atoms with Crippen LogP contribution in [-0.4, -0.2) is 6.04 Å². The summed E-state index contributed by atoms with van der Waals surface area (Å²) in [4.78, 5) is 1.43. The van der Waals surface area contributed by atoms with Crippen molar-refractivity contribution in [2.75, 3.05) is 0 Å². The number of thiophene rings is 1. The molecule has 0 spiro atoms. The maximum atomic E-state index is 3.67. The van der Waals surface area contributed by atoms with Gasteiger partial charge in [0.15, 0.2) is 0 Å². The highest BCUT2D eigenvalue weighted by Crippen LogP contribution is 2.27. The third-order valence-electron chi connectivity index (χ3n) is 3.58. The normalized spacial score (nSPS) is 19.9. The first-order valence-corrected chi connectivity index (χ1v) is 7.84. The van der Waals surface area contributed by atoms with Crippen LogP contribution in [0.2, 0.25) is 0 Å². The van der Waals surface area contributed by atoms with Crippen molar-refractivity contribution in [3.8, 4) is 0 Å². The maximum Gasteiger partial charge on any atom is 0.0701 e. The van der Waals surface area contributed by atoms with Gasteiger partial charge in [0, 0.05) is 17.5 Å². The minimum Gasteiger partial charge on any atom is -0.309 e. The van der Waals surface area contributed by atoms with Crippen molar-refractivity contribution < 1.29 is 0 Å². The predicted octanol–water partition coefficient (Wildman–Crippen LogP) is 4.57. The lowest BCUT2D eigenvalue weighted by molar-refractivity contribution is 0.281. The second kappa shape index (κ2) is 6.18. The fourth-order valence-corrected chi connectivity index (χ4v) is 3.94. The summed E-state index contributed by atoms with van der Waals surface area (Å²) in [6.45, 7) is 3.37. The number of hydrogen-bond acceptors (Lipinski definition) is 2. The largest absolute Gasteiger partial charge is 0.309 e. The van der Waals surface area contributed by atoms with Crippen LogP contribution in [0, 0.1) is 5.92 Å².